The first-order chi connectivity index (χ1) is 10.8. The van der Waals surface area contributed by atoms with E-state index in [-0.39, 0.29) is 0 Å². The molecule has 0 bridgehead atoms. The van der Waals surface area contributed by atoms with Crippen LogP contribution in [0.2, 0.25) is 0 Å². The zero-order valence-electron chi connectivity index (χ0n) is 14.1. The minimum absolute atomic E-state index is 0.597. The number of hydrogen-bond donors (Lipinski definition) is 1. The molecule has 0 amide bonds. The van der Waals surface area contributed by atoms with Crippen molar-refractivity contribution in [1.82, 2.24) is 9.97 Å². The van der Waals surface area contributed by atoms with Gasteiger partial charge in [0, 0.05) is 30.4 Å². The molecule has 1 N–H and O–H groups in total. The van der Waals surface area contributed by atoms with Crippen LogP contribution in [0, 0.1) is 6.92 Å². The standard InChI is InChI=1S/C18H30N4/c1-3-16-11-7-8-12-22(16)18-19-14(2)13-17(21-18)20-15-9-5-4-6-10-15/h13,15-16H,3-12H2,1-2H3,(H,19,20,21). The number of aryl methyl sites for hydroxylation is 1. The molecule has 2 aliphatic rings. The largest absolute Gasteiger partial charge is 0.367 e. The van der Waals surface area contributed by atoms with Gasteiger partial charge >= 0.3 is 0 Å². The molecule has 2 heterocycles. The van der Waals surface area contributed by atoms with Crippen LogP contribution in [0.25, 0.3) is 0 Å². The Bertz CT molecular complexity index is 482. The van der Waals surface area contributed by atoms with Crippen LogP contribution in [-0.2, 0) is 0 Å². The summed E-state index contributed by atoms with van der Waals surface area (Å²) in [6.45, 7) is 5.47. The Kier molecular flexibility index (Phi) is 5.16. The highest BCUT2D eigenvalue weighted by molar-refractivity contribution is 5.45. The molecule has 1 saturated heterocycles. The van der Waals surface area contributed by atoms with Crippen LogP contribution >= 0.6 is 0 Å². The van der Waals surface area contributed by atoms with Gasteiger partial charge in [-0.2, -0.15) is 4.98 Å². The fourth-order valence-electron chi connectivity index (χ4n) is 3.90. The molecular weight excluding hydrogens is 272 g/mol. The second-order valence-electron chi connectivity index (χ2n) is 6.93. The lowest BCUT2D eigenvalue weighted by Crippen LogP contribution is -2.40. The Morgan fingerprint density at radius 2 is 1.86 bits per heavy atom. The van der Waals surface area contributed by atoms with Crippen LogP contribution in [0.1, 0.15) is 70.4 Å². The summed E-state index contributed by atoms with van der Waals surface area (Å²) in [6.07, 6.45) is 11.7. The molecule has 2 fully saturated rings. The van der Waals surface area contributed by atoms with Crippen molar-refractivity contribution in [3.8, 4) is 0 Å². The molecule has 3 rings (SSSR count). The third-order valence-electron chi connectivity index (χ3n) is 5.15. The van der Waals surface area contributed by atoms with E-state index in [0.717, 1.165) is 24.0 Å². The monoisotopic (exact) mass is 302 g/mol. The highest BCUT2D eigenvalue weighted by atomic mass is 15.3. The molecule has 1 aromatic heterocycles. The number of nitrogens with zero attached hydrogens (tertiary/aromatic N) is 3. The maximum atomic E-state index is 4.85. The number of aromatic nitrogens is 2. The van der Waals surface area contributed by atoms with E-state index in [9.17, 15) is 0 Å². The maximum absolute atomic E-state index is 4.85. The average Bonchev–Trinajstić information content (AvgIpc) is 2.55. The number of anilines is 2. The van der Waals surface area contributed by atoms with Crippen molar-refractivity contribution in [1.29, 1.82) is 0 Å². The van der Waals surface area contributed by atoms with E-state index in [2.05, 4.69) is 30.1 Å². The Morgan fingerprint density at radius 1 is 1.09 bits per heavy atom. The van der Waals surface area contributed by atoms with Gasteiger partial charge in [-0.25, -0.2) is 4.98 Å². The summed E-state index contributed by atoms with van der Waals surface area (Å²) in [5, 5.41) is 3.66. The molecule has 4 nitrogen and oxygen atoms in total. The van der Waals surface area contributed by atoms with Gasteiger partial charge in [-0.05, 0) is 45.4 Å². The SMILES string of the molecule is CCC1CCCCN1c1nc(C)cc(NC2CCCCC2)n1. The first-order valence-corrected chi connectivity index (χ1v) is 9.15. The number of piperidine rings is 1. The van der Waals surface area contributed by atoms with E-state index >= 15 is 0 Å². The quantitative estimate of drug-likeness (QED) is 0.900. The van der Waals surface area contributed by atoms with Crippen LogP contribution in [0.3, 0.4) is 0 Å². The fourth-order valence-corrected chi connectivity index (χ4v) is 3.90. The van der Waals surface area contributed by atoms with Crippen molar-refractivity contribution in [3.05, 3.63) is 11.8 Å². The van der Waals surface area contributed by atoms with Gasteiger partial charge < -0.3 is 10.2 Å². The predicted molar refractivity (Wildman–Crippen MR) is 92.5 cm³/mol. The molecule has 1 saturated carbocycles. The summed E-state index contributed by atoms with van der Waals surface area (Å²) in [6, 6.07) is 3.31. The Hall–Kier alpha value is -1.32. The average molecular weight is 302 g/mol. The topological polar surface area (TPSA) is 41.1 Å². The van der Waals surface area contributed by atoms with Crippen molar-refractivity contribution < 1.29 is 0 Å². The molecule has 122 valence electrons. The first kappa shape index (κ1) is 15.6. The zero-order chi connectivity index (χ0) is 15.4. The van der Waals surface area contributed by atoms with Gasteiger partial charge in [-0.1, -0.05) is 26.2 Å². The Morgan fingerprint density at radius 3 is 2.64 bits per heavy atom. The molecule has 0 spiro atoms. The lowest BCUT2D eigenvalue weighted by atomic mass is 9.95. The summed E-state index contributed by atoms with van der Waals surface area (Å²) >= 11 is 0. The molecular formula is C18H30N4. The molecule has 1 aromatic rings. The minimum Gasteiger partial charge on any atom is -0.367 e. The number of nitrogens with one attached hydrogen (secondary N) is 1. The predicted octanol–water partition coefficient (Wildman–Crippen LogP) is 4.30. The molecule has 1 unspecified atom stereocenters. The van der Waals surface area contributed by atoms with E-state index in [1.165, 1.54) is 57.8 Å². The van der Waals surface area contributed by atoms with Gasteiger partial charge in [0.2, 0.25) is 5.95 Å². The fraction of sp³-hybridized carbons (Fsp3) is 0.778. The summed E-state index contributed by atoms with van der Waals surface area (Å²) in [5.41, 5.74) is 1.07. The van der Waals surface area contributed by atoms with Crippen molar-refractivity contribution in [2.45, 2.75) is 83.7 Å². The van der Waals surface area contributed by atoms with Crippen LogP contribution in [0.5, 0.6) is 0 Å². The maximum Gasteiger partial charge on any atom is 0.227 e. The molecule has 22 heavy (non-hydrogen) atoms. The van der Waals surface area contributed by atoms with Crippen molar-refractivity contribution in [3.63, 3.8) is 0 Å². The van der Waals surface area contributed by atoms with Gasteiger partial charge in [-0.15, -0.1) is 0 Å². The highest BCUT2D eigenvalue weighted by Crippen LogP contribution is 2.26. The van der Waals surface area contributed by atoms with Gasteiger partial charge in [0.05, 0.1) is 0 Å². The second kappa shape index (κ2) is 7.30. The lowest BCUT2D eigenvalue weighted by molar-refractivity contribution is 0.442. The van der Waals surface area contributed by atoms with Gasteiger partial charge in [-0.3, -0.25) is 0 Å². The highest BCUT2D eigenvalue weighted by Gasteiger charge is 2.24. The normalized spacial score (nSPS) is 23.5. The number of rotatable bonds is 4. The number of hydrogen-bond acceptors (Lipinski definition) is 4. The third kappa shape index (κ3) is 3.71. The Balaban J connectivity index is 1.76. The molecule has 1 atom stereocenters. The van der Waals surface area contributed by atoms with Gasteiger partial charge in [0.15, 0.2) is 0 Å². The molecule has 1 aliphatic heterocycles. The van der Waals surface area contributed by atoms with Crippen molar-refractivity contribution >= 4 is 11.8 Å². The lowest BCUT2D eigenvalue weighted by Gasteiger charge is -2.35. The van der Waals surface area contributed by atoms with E-state index in [1.807, 2.05) is 0 Å². The van der Waals surface area contributed by atoms with Crippen LogP contribution in [0.15, 0.2) is 6.07 Å². The molecule has 0 radical (unpaired) electrons. The molecule has 0 aromatic carbocycles. The summed E-state index contributed by atoms with van der Waals surface area (Å²) in [4.78, 5) is 12.0. The van der Waals surface area contributed by atoms with Crippen LogP contribution in [0.4, 0.5) is 11.8 Å². The third-order valence-corrected chi connectivity index (χ3v) is 5.15. The van der Waals surface area contributed by atoms with E-state index < -0.39 is 0 Å². The van der Waals surface area contributed by atoms with Crippen LogP contribution in [-0.4, -0.2) is 28.6 Å². The smallest absolute Gasteiger partial charge is 0.227 e. The molecule has 1 aliphatic carbocycles. The summed E-state index contributed by atoms with van der Waals surface area (Å²) in [7, 11) is 0. The van der Waals surface area contributed by atoms with Crippen molar-refractivity contribution in [2.24, 2.45) is 0 Å². The van der Waals surface area contributed by atoms with Gasteiger partial charge in [0.1, 0.15) is 5.82 Å². The van der Waals surface area contributed by atoms with Crippen LogP contribution < -0.4 is 10.2 Å². The van der Waals surface area contributed by atoms with Gasteiger partial charge in [0.25, 0.3) is 0 Å². The zero-order valence-corrected chi connectivity index (χ0v) is 14.1. The van der Waals surface area contributed by atoms with Crippen molar-refractivity contribution in [2.75, 3.05) is 16.8 Å². The van der Waals surface area contributed by atoms with E-state index in [0.29, 0.717) is 12.1 Å². The summed E-state index contributed by atoms with van der Waals surface area (Å²) in [5.74, 6) is 1.96. The summed E-state index contributed by atoms with van der Waals surface area (Å²) < 4.78 is 0. The van der Waals surface area contributed by atoms with E-state index in [1.54, 1.807) is 0 Å². The first-order valence-electron chi connectivity index (χ1n) is 9.15. The molecule has 4 heteroatoms. The second-order valence-corrected chi connectivity index (χ2v) is 6.93. The minimum atomic E-state index is 0.597. The Labute approximate surface area is 134 Å². The van der Waals surface area contributed by atoms with E-state index in [4.69, 9.17) is 9.97 Å².